The van der Waals surface area contributed by atoms with Gasteiger partial charge in [-0.2, -0.15) is 0 Å². The van der Waals surface area contributed by atoms with Gasteiger partial charge in [-0.25, -0.2) is 0 Å². The van der Waals surface area contributed by atoms with Crippen LogP contribution in [0.25, 0.3) is 12.2 Å². The van der Waals surface area contributed by atoms with Crippen LogP contribution in [-0.2, 0) is 57.4 Å². The molecule has 10 atom stereocenters. The number of aromatic amines is 2. The lowest BCUT2D eigenvalue weighted by Crippen LogP contribution is -2.59. The summed E-state index contributed by atoms with van der Waals surface area (Å²) in [7, 11) is 0. The highest BCUT2D eigenvalue weighted by molar-refractivity contribution is 6.03. The van der Waals surface area contributed by atoms with Crippen LogP contribution in [0, 0.1) is 13.8 Å². The molecule has 65 heavy (non-hydrogen) atoms. The molecule has 2 saturated heterocycles. The molecule has 352 valence electrons. The van der Waals surface area contributed by atoms with E-state index in [0.29, 0.717) is 78.7 Å². The molecule has 0 aromatic carbocycles. The lowest BCUT2D eigenvalue weighted by Gasteiger charge is -2.39. The first-order valence-electron chi connectivity index (χ1n) is 21.0. The predicted octanol–water partition coefficient (Wildman–Crippen LogP) is -0.952. The van der Waals surface area contributed by atoms with E-state index in [1.807, 2.05) is 13.8 Å². The van der Waals surface area contributed by atoms with Crippen LogP contribution in [0.2, 0.25) is 0 Å². The summed E-state index contributed by atoms with van der Waals surface area (Å²) in [6, 6.07) is 0. The Morgan fingerprint density at radius 2 is 1.05 bits per heavy atom. The van der Waals surface area contributed by atoms with Crippen molar-refractivity contribution < 1.29 is 79.0 Å². The van der Waals surface area contributed by atoms with E-state index in [1.54, 1.807) is 32.1 Å². The van der Waals surface area contributed by atoms with Gasteiger partial charge in [-0.3, -0.25) is 19.2 Å². The largest absolute Gasteiger partial charge is 0.433 e. The lowest BCUT2D eigenvalue weighted by molar-refractivity contribution is -0.292. The van der Waals surface area contributed by atoms with Crippen LogP contribution >= 0.6 is 0 Å². The Hall–Kier alpha value is -5.52. The molecule has 0 aliphatic carbocycles. The number of aromatic nitrogens is 2. The molecule has 2 aromatic heterocycles. The van der Waals surface area contributed by atoms with Crippen molar-refractivity contribution in [2.75, 3.05) is 13.2 Å². The van der Waals surface area contributed by atoms with E-state index >= 15 is 0 Å². The van der Waals surface area contributed by atoms with Crippen molar-refractivity contribution in [3.63, 3.8) is 0 Å². The number of nitrogens with one attached hydrogen (secondary N) is 4. The van der Waals surface area contributed by atoms with Crippen LogP contribution in [0.4, 0.5) is 0 Å². The number of carbonyl (C=O) groups is 4. The van der Waals surface area contributed by atoms with Crippen molar-refractivity contribution >= 4 is 35.9 Å². The monoisotopic (exact) mass is 908 g/mol. The highest BCUT2D eigenvalue weighted by atomic mass is 16.7. The van der Waals surface area contributed by atoms with Gasteiger partial charge in [-0.15, -0.1) is 0 Å². The zero-order valence-electron chi connectivity index (χ0n) is 36.3. The fourth-order valence-corrected chi connectivity index (χ4v) is 8.31. The Kier molecular flexibility index (Phi) is 15.3. The molecule has 0 bridgehead atoms. The van der Waals surface area contributed by atoms with Crippen molar-refractivity contribution in [1.82, 2.24) is 20.6 Å². The second kappa shape index (κ2) is 20.3. The molecule has 6 heterocycles. The molecule has 20 heteroatoms. The molecule has 4 aliphatic heterocycles. The Bertz CT molecular complexity index is 2350. The van der Waals surface area contributed by atoms with Gasteiger partial charge in [0.1, 0.15) is 48.8 Å². The summed E-state index contributed by atoms with van der Waals surface area (Å²) >= 11 is 0. The third-order valence-corrected chi connectivity index (χ3v) is 12.3. The van der Waals surface area contributed by atoms with Crippen LogP contribution in [-0.4, -0.2) is 149 Å². The number of aliphatic hydroxyl groups excluding tert-OH is 8. The minimum Gasteiger partial charge on any atom is -0.433 e. The minimum absolute atomic E-state index is 0.0599. The summed E-state index contributed by atoms with van der Waals surface area (Å²) < 4.78 is 21.5. The standard InChI is InChI=1S/C45H56N4O16/c1-7-22-21(6)42(60)49-29(22)14-27-20(5)25(10-12-35(53)65-45-41(59)39(57)37(55)33(17-51)63-45)31(47-27)15-30-24(19(4)26(46-30)13-28-18(3)23(8-2)43(61)48-28)9-11-34(52)64-44-40(58)38(56)36(54)32(16-50)62-44/h7-8,13-14,32-33,36-41,44-47,50-51,54-59H,1-2,9-12,15-17H2,3-6H3,(H,48,61)(H,49,60)/b28-13-,29-14-/t32-,33-,36-,37-,38+,39+,40-,41-,44+,45+/m1/s1. The molecule has 20 nitrogen and oxygen atoms in total. The number of ether oxygens (including phenoxy) is 4. The number of aliphatic hydroxyl groups is 8. The van der Waals surface area contributed by atoms with Gasteiger partial charge in [-0.05, 0) is 80.5 Å². The average Bonchev–Trinajstić information content (AvgIpc) is 3.93. The highest BCUT2D eigenvalue weighted by Gasteiger charge is 2.46. The topological polar surface area (TPSA) is 323 Å². The van der Waals surface area contributed by atoms with Crippen molar-refractivity contribution in [2.24, 2.45) is 0 Å². The summed E-state index contributed by atoms with van der Waals surface area (Å²) in [5.41, 5.74) is 8.17. The van der Waals surface area contributed by atoms with Crippen molar-refractivity contribution in [3.8, 4) is 0 Å². The fourth-order valence-electron chi connectivity index (χ4n) is 8.31. The minimum atomic E-state index is -1.80. The molecule has 0 saturated carbocycles. The normalized spacial score (nSPS) is 29.4. The van der Waals surface area contributed by atoms with E-state index in [-0.39, 0.29) is 43.9 Å². The summed E-state index contributed by atoms with van der Waals surface area (Å²) in [5, 5.41) is 86.6. The van der Waals surface area contributed by atoms with Crippen LogP contribution in [0.3, 0.4) is 0 Å². The lowest BCUT2D eigenvalue weighted by atomic mass is 9.98. The third kappa shape index (κ3) is 10.0. The predicted molar refractivity (Wildman–Crippen MR) is 228 cm³/mol. The molecule has 0 radical (unpaired) electrons. The quantitative estimate of drug-likeness (QED) is 0.0904. The summed E-state index contributed by atoms with van der Waals surface area (Å²) in [6.45, 7) is 13.2. The average molecular weight is 909 g/mol. The van der Waals surface area contributed by atoms with Crippen LogP contribution in [0.5, 0.6) is 0 Å². The van der Waals surface area contributed by atoms with Gasteiger partial charge < -0.3 is 80.4 Å². The number of carbonyl (C=O) groups excluding carboxylic acids is 4. The first-order chi connectivity index (χ1) is 30.8. The van der Waals surface area contributed by atoms with Gasteiger partial charge in [0.2, 0.25) is 12.6 Å². The Labute approximate surface area is 373 Å². The molecule has 2 amide bonds. The number of hydrogen-bond donors (Lipinski definition) is 12. The molecule has 0 spiro atoms. The van der Waals surface area contributed by atoms with Gasteiger partial charge in [0.25, 0.3) is 11.8 Å². The number of allylic oxidation sites excluding steroid dienone is 2. The molecule has 2 fully saturated rings. The Morgan fingerprint density at radius 3 is 1.46 bits per heavy atom. The van der Waals surface area contributed by atoms with Gasteiger partial charge in [0.05, 0.1) is 18.9 Å². The van der Waals surface area contributed by atoms with Gasteiger partial charge >= 0.3 is 11.9 Å². The molecule has 6 rings (SSSR count). The van der Waals surface area contributed by atoms with Crippen LogP contribution in [0.1, 0.15) is 71.7 Å². The van der Waals surface area contributed by atoms with Gasteiger partial charge in [-0.1, -0.05) is 25.3 Å². The first-order valence-corrected chi connectivity index (χ1v) is 21.0. The van der Waals surface area contributed by atoms with Gasteiger partial charge in [0.15, 0.2) is 0 Å². The fraction of sp³-hybridized carbons (Fsp3) is 0.467. The number of H-pyrrole nitrogens is 2. The summed E-state index contributed by atoms with van der Waals surface area (Å²) in [5.74, 6) is -2.29. The van der Waals surface area contributed by atoms with Crippen LogP contribution < -0.4 is 10.6 Å². The molecule has 2 aromatic rings. The Balaban J connectivity index is 1.34. The van der Waals surface area contributed by atoms with E-state index in [9.17, 15) is 60.0 Å². The second-order valence-corrected chi connectivity index (χ2v) is 16.3. The second-order valence-electron chi connectivity index (χ2n) is 16.3. The van der Waals surface area contributed by atoms with Crippen molar-refractivity contribution in [3.05, 3.63) is 104 Å². The molecule has 4 aliphatic rings. The summed E-state index contributed by atoms with van der Waals surface area (Å²) in [6.07, 6.45) is -10.1. The smallest absolute Gasteiger partial charge is 0.308 e. The summed E-state index contributed by atoms with van der Waals surface area (Å²) in [4.78, 5) is 58.8. The maximum Gasteiger partial charge on any atom is 0.308 e. The zero-order chi connectivity index (χ0) is 47.6. The van der Waals surface area contributed by atoms with E-state index in [0.717, 1.165) is 0 Å². The van der Waals surface area contributed by atoms with Crippen molar-refractivity contribution in [1.29, 1.82) is 0 Å². The Morgan fingerprint density at radius 1 is 0.615 bits per heavy atom. The first kappa shape index (κ1) is 48.9. The van der Waals surface area contributed by atoms with Crippen molar-refractivity contribution in [2.45, 2.75) is 121 Å². The SMILES string of the molecule is C=CC1=C(C)/C(=C/c2[nH]c(Cc3[nH]c(/C=C4\NC(=O)C(C)=C4C=C)c(C)c3CCC(=O)O[C@@H]3O[C@H](CO)[C@@H](O)[C@H](O)[C@H]3O)c(CCC(=O)O[C@@H]3O[C@H](CO)[C@@H](O)[C@H](O)[C@H]3O)c2C)NC1=O. The van der Waals surface area contributed by atoms with E-state index < -0.39 is 86.6 Å². The molecular weight excluding hydrogens is 853 g/mol. The molecule has 0 unspecified atom stereocenters. The van der Waals surface area contributed by atoms with E-state index in [1.165, 1.54) is 6.08 Å². The zero-order valence-corrected chi connectivity index (χ0v) is 36.3. The number of rotatable bonds is 16. The number of amides is 2. The van der Waals surface area contributed by atoms with E-state index in [4.69, 9.17) is 18.9 Å². The maximum absolute atomic E-state index is 13.3. The third-order valence-electron chi connectivity index (χ3n) is 12.3. The van der Waals surface area contributed by atoms with Crippen LogP contribution in [0.15, 0.2) is 59.0 Å². The number of esters is 2. The number of hydrogen-bond acceptors (Lipinski definition) is 16. The highest BCUT2D eigenvalue weighted by Crippen LogP contribution is 2.33. The van der Waals surface area contributed by atoms with E-state index in [2.05, 4.69) is 33.8 Å². The molecule has 12 N–H and O–H groups in total. The maximum atomic E-state index is 13.3. The van der Waals surface area contributed by atoms with Gasteiger partial charge in [0, 0.05) is 64.5 Å². The molecular formula is C45H56N4O16.